The van der Waals surface area contributed by atoms with Gasteiger partial charge < -0.3 is 5.32 Å². The highest BCUT2D eigenvalue weighted by molar-refractivity contribution is 5.05. The van der Waals surface area contributed by atoms with Crippen LogP contribution in [-0.4, -0.2) is 44.3 Å². The minimum absolute atomic E-state index is 0.280. The molecule has 2 atom stereocenters. The molecular weight excluding hydrogens is 262 g/mol. The Kier molecular flexibility index (Phi) is 4.06. The predicted molar refractivity (Wildman–Crippen MR) is 83.9 cm³/mol. The second kappa shape index (κ2) is 5.69. The Bertz CT molecular complexity index is 479. The van der Waals surface area contributed by atoms with Crippen LogP contribution in [0.25, 0.3) is 0 Å². The zero-order valence-corrected chi connectivity index (χ0v) is 13.8. The van der Waals surface area contributed by atoms with Gasteiger partial charge in [0.05, 0.1) is 6.54 Å². The number of rotatable bonds is 5. The highest BCUT2D eigenvalue weighted by atomic mass is 15.4. The molecule has 1 saturated heterocycles. The van der Waals surface area contributed by atoms with E-state index < -0.39 is 0 Å². The number of nitrogens with zero attached hydrogens (tertiary/aromatic N) is 4. The van der Waals surface area contributed by atoms with E-state index in [1.54, 1.807) is 6.33 Å². The maximum Gasteiger partial charge on any atom is 0.141 e. The molecule has 2 aliphatic rings. The Morgan fingerprint density at radius 3 is 2.81 bits per heavy atom. The van der Waals surface area contributed by atoms with Gasteiger partial charge in [-0.05, 0) is 38.5 Å². The molecule has 1 aromatic heterocycles. The first-order valence-corrected chi connectivity index (χ1v) is 8.39. The van der Waals surface area contributed by atoms with Gasteiger partial charge in [-0.3, -0.25) is 4.90 Å². The van der Waals surface area contributed by atoms with Gasteiger partial charge in [-0.15, -0.1) is 0 Å². The van der Waals surface area contributed by atoms with Crippen LogP contribution in [0.1, 0.15) is 46.4 Å². The van der Waals surface area contributed by atoms with E-state index in [1.807, 2.05) is 4.68 Å². The van der Waals surface area contributed by atoms with Crippen molar-refractivity contribution >= 4 is 0 Å². The molecule has 1 saturated carbocycles. The minimum atomic E-state index is 0.280. The number of hydrogen-bond acceptors (Lipinski definition) is 4. The van der Waals surface area contributed by atoms with Crippen LogP contribution < -0.4 is 5.32 Å². The fourth-order valence-electron chi connectivity index (χ4n) is 3.74. The SMILES string of the molecule is CCn1ncnc1CN1CC(C)(C2CC2)NCC1C(C)C. The summed E-state index contributed by atoms with van der Waals surface area (Å²) in [7, 11) is 0. The van der Waals surface area contributed by atoms with Gasteiger partial charge in [0.25, 0.3) is 0 Å². The molecule has 2 unspecified atom stereocenters. The zero-order valence-electron chi connectivity index (χ0n) is 13.8. The van der Waals surface area contributed by atoms with E-state index in [1.165, 1.54) is 12.8 Å². The fourth-order valence-corrected chi connectivity index (χ4v) is 3.74. The Balaban J connectivity index is 1.77. The number of aryl methyl sites for hydroxylation is 1. The second-order valence-corrected chi connectivity index (χ2v) is 7.28. The standard InChI is InChI=1S/C16H29N5/c1-5-21-15(17-11-19-21)9-20-10-16(4,13-6-7-13)18-8-14(20)12(2)3/h11-14,18H,5-10H2,1-4H3. The number of aromatic nitrogens is 3. The Morgan fingerprint density at radius 1 is 1.43 bits per heavy atom. The van der Waals surface area contributed by atoms with Crippen molar-refractivity contribution in [2.24, 2.45) is 11.8 Å². The average Bonchev–Trinajstić information content (AvgIpc) is 3.21. The molecule has 5 heteroatoms. The smallest absolute Gasteiger partial charge is 0.141 e. The van der Waals surface area contributed by atoms with Crippen LogP contribution in [0, 0.1) is 11.8 Å². The first-order chi connectivity index (χ1) is 10.0. The lowest BCUT2D eigenvalue weighted by Gasteiger charge is -2.48. The molecule has 1 aromatic rings. The Morgan fingerprint density at radius 2 is 2.19 bits per heavy atom. The van der Waals surface area contributed by atoms with Gasteiger partial charge in [0, 0.05) is 31.2 Å². The van der Waals surface area contributed by atoms with Crippen LogP contribution >= 0.6 is 0 Å². The van der Waals surface area contributed by atoms with E-state index >= 15 is 0 Å². The molecule has 1 aliphatic heterocycles. The van der Waals surface area contributed by atoms with Gasteiger partial charge in [0.1, 0.15) is 12.2 Å². The molecule has 0 aromatic carbocycles. The summed E-state index contributed by atoms with van der Waals surface area (Å²) in [4.78, 5) is 7.11. The first-order valence-electron chi connectivity index (χ1n) is 8.39. The average molecular weight is 291 g/mol. The molecule has 1 aliphatic carbocycles. The van der Waals surface area contributed by atoms with Crippen LogP contribution in [-0.2, 0) is 13.1 Å². The van der Waals surface area contributed by atoms with Gasteiger partial charge in [-0.2, -0.15) is 5.10 Å². The molecule has 2 fully saturated rings. The van der Waals surface area contributed by atoms with Crippen molar-refractivity contribution in [1.82, 2.24) is 25.0 Å². The highest BCUT2D eigenvalue weighted by Gasteiger charge is 2.46. The molecule has 0 radical (unpaired) electrons. The lowest BCUT2D eigenvalue weighted by Crippen LogP contribution is -2.64. The Labute approximate surface area is 128 Å². The molecule has 118 valence electrons. The van der Waals surface area contributed by atoms with Crippen LogP contribution in [0.4, 0.5) is 0 Å². The van der Waals surface area contributed by atoms with Crippen molar-refractivity contribution in [3.8, 4) is 0 Å². The summed E-state index contributed by atoms with van der Waals surface area (Å²) < 4.78 is 2.02. The molecule has 5 nitrogen and oxygen atoms in total. The predicted octanol–water partition coefficient (Wildman–Crippen LogP) is 1.90. The summed E-state index contributed by atoms with van der Waals surface area (Å²) >= 11 is 0. The summed E-state index contributed by atoms with van der Waals surface area (Å²) in [5, 5.41) is 8.16. The van der Waals surface area contributed by atoms with Gasteiger partial charge in [-0.1, -0.05) is 13.8 Å². The van der Waals surface area contributed by atoms with E-state index in [4.69, 9.17) is 0 Å². The fraction of sp³-hybridized carbons (Fsp3) is 0.875. The van der Waals surface area contributed by atoms with Crippen LogP contribution in [0.2, 0.25) is 0 Å². The topological polar surface area (TPSA) is 46.0 Å². The van der Waals surface area contributed by atoms with Crippen molar-refractivity contribution in [1.29, 1.82) is 0 Å². The quantitative estimate of drug-likeness (QED) is 0.900. The van der Waals surface area contributed by atoms with E-state index in [-0.39, 0.29) is 5.54 Å². The van der Waals surface area contributed by atoms with Gasteiger partial charge in [0.2, 0.25) is 0 Å². The Hall–Kier alpha value is -0.940. The van der Waals surface area contributed by atoms with Crippen molar-refractivity contribution in [3.63, 3.8) is 0 Å². The molecule has 0 bridgehead atoms. The third-order valence-corrected chi connectivity index (χ3v) is 5.30. The van der Waals surface area contributed by atoms with Gasteiger partial charge in [0.15, 0.2) is 0 Å². The third kappa shape index (κ3) is 2.99. The molecule has 2 heterocycles. The molecule has 0 amide bonds. The van der Waals surface area contributed by atoms with Crippen LogP contribution in [0.5, 0.6) is 0 Å². The summed E-state index contributed by atoms with van der Waals surface area (Å²) in [5.41, 5.74) is 0.280. The molecule has 3 rings (SSSR count). The summed E-state index contributed by atoms with van der Waals surface area (Å²) in [6.45, 7) is 13.2. The normalized spacial score (nSPS) is 31.0. The second-order valence-electron chi connectivity index (χ2n) is 7.28. The van der Waals surface area contributed by atoms with Crippen molar-refractivity contribution < 1.29 is 0 Å². The van der Waals surface area contributed by atoms with Gasteiger partial charge >= 0.3 is 0 Å². The van der Waals surface area contributed by atoms with E-state index in [0.717, 1.165) is 37.9 Å². The lowest BCUT2D eigenvalue weighted by molar-refractivity contribution is 0.0433. The number of piperazine rings is 1. The largest absolute Gasteiger partial charge is 0.308 e. The highest BCUT2D eigenvalue weighted by Crippen LogP contribution is 2.42. The first kappa shape index (κ1) is 15.0. The van der Waals surface area contributed by atoms with Crippen LogP contribution in [0.3, 0.4) is 0 Å². The maximum atomic E-state index is 4.47. The van der Waals surface area contributed by atoms with Crippen molar-refractivity contribution in [2.45, 2.75) is 65.2 Å². The molecule has 21 heavy (non-hydrogen) atoms. The minimum Gasteiger partial charge on any atom is -0.308 e. The van der Waals surface area contributed by atoms with E-state index in [2.05, 4.69) is 48.0 Å². The summed E-state index contributed by atoms with van der Waals surface area (Å²) in [5.74, 6) is 2.61. The summed E-state index contributed by atoms with van der Waals surface area (Å²) in [6, 6.07) is 0.582. The van der Waals surface area contributed by atoms with Crippen LogP contribution in [0.15, 0.2) is 6.33 Å². The molecular formula is C16H29N5. The number of nitrogens with one attached hydrogen (secondary N) is 1. The summed E-state index contributed by atoms with van der Waals surface area (Å²) in [6.07, 6.45) is 4.45. The number of hydrogen-bond donors (Lipinski definition) is 1. The molecule has 1 N–H and O–H groups in total. The van der Waals surface area contributed by atoms with E-state index in [0.29, 0.717) is 12.0 Å². The van der Waals surface area contributed by atoms with E-state index in [9.17, 15) is 0 Å². The maximum absolute atomic E-state index is 4.47. The molecule has 0 spiro atoms. The van der Waals surface area contributed by atoms with Crippen molar-refractivity contribution in [3.05, 3.63) is 12.2 Å². The van der Waals surface area contributed by atoms with Crippen molar-refractivity contribution in [2.75, 3.05) is 13.1 Å². The third-order valence-electron chi connectivity index (χ3n) is 5.30. The van der Waals surface area contributed by atoms with Gasteiger partial charge in [-0.25, -0.2) is 9.67 Å². The zero-order chi connectivity index (χ0) is 15.0. The lowest BCUT2D eigenvalue weighted by atomic mass is 9.88. The monoisotopic (exact) mass is 291 g/mol.